The highest BCUT2D eigenvalue weighted by Gasteiger charge is 2.43. The molecule has 4 rings (SSSR count). The number of alkyl halides is 3. The highest BCUT2D eigenvalue weighted by atomic mass is 19.4. The number of esters is 1. The normalized spacial score (nSPS) is 15.7. The summed E-state index contributed by atoms with van der Waals surface area (Å²) in [6.07, 6.45) is -4.22. The summed E-state index contributed by atoms with van der Waals surface area (Å²) in [5, 5.41) is 0. The van der Waals surface area contributed by atoms with Gasteiger partial charge >= 0.3 is 18.0 Å². The molecule has 0 unspecified atom stereocenters. The first kappa shape index (κ1) is 24.4. The Kier molecular flexibility index (Phi) is 5.73. The number of aromatic nitrogens is 2. The Hall–Kier alpha value is -3.70. The third kappa shape index (κ3) is 4.40. The van der Waals surface area contributed by atoms with Gasteiger partial charge in [-0.15, -0.1) is 0 Å². The van der Waals surface area contributed by atoms with E-state index in [0.29, 0.717) is 0 Å². The fourth-order valence-electron chi connectivity index (χ4n) is 3.98. The number of ether oxygens (including phenoxy) is 1. The second-order valence-corrected chi connectivity index (χ2v) is 9.01. The van der Waals surface area contributed by atoms with Gasteiger partial charge in [0.25, 0.3) is 5.91 Å². The van der Waals surface area contributed by atoms with E-state index in [4.69, 9.17) is 9.15 Å². The van der Waals surface area contributed by atoms with Crippen molar-refractivity contribution in [2.75, 3.05) is 6.54 Å². The second kappa shape index (κ2) is 8.21. The number of oxazole rings is 1. The molecule has 0 aliphatic carbocycles. The van der Waals surface area contributed by atoms with Crippen molar-refractivity contribution in [1.82, 2.24) is 14.9 Å². The smallest absolute Gasteiger partial charge is 0.459 e. The van der Waals surface area contributed by atoms with Gasteiger partial charge in [0, 0.05) is 29.3 Å². The largest absolute Gasteiger partial charge is 0.469 e. The molecule has 1 amide bonds. The van der Waals surface area contributed by atoms with E-state index in [9.17, 15) is 31.5 Å². The maximum atomic E-state index is 13.8. The van der Waals surface area contributed by atoms with Crippen molar-refractivity contribution in [3.05, 3.63) is 58.7 Å². The SMILES string of the molecule is CC(C)OC(=O)C1=CN(C(=O)c2ccc(F)c(F)c2)CC(C)(C)c2c1[nH]c1oc(C(F)(F)F)nc21. The minimum atomic E-state index is -4.84. The molecule has 0 saturated carbocycles. The summed E-state index contributed by atoms with van der Waals surface area (Å²) in [6, 6.07) is 2.60. The number of halogens is 5. The standard InChI is InChI=1S/C23H20F5N3O4/c1-10(2)34-20(33)12-8-31(19(32)11-5-6-13(24)14(25)7-11)9-22(3,4)15-16(12)29-18-17(15)30-21(35-18)23(26,27)28/h5-8,10,29H,9H2,1-4H3. The van der Waals surface area contributed by atoms with E-state index in [1.54, 1.807) is 27.7 Å². The van der Waals surface area contributed by atoms with Gasteiger partial charge in [-0.05, 0) is 32.0 Å². The van der Waals surface area contributed by atoms with E-state index in [-0.39, 0.29) is 40.2 Å². The number of hydrogen-bond donors (Lipinski definition) is 1. The van der Waals surface area contributed by atoms with E-state index in [2.05, 4.69) is 9.97 Å². The molecular weight excluding hydrogens is 477 g/mol. The maximum absolute atomic E-state index is 13.8. The first-order valence-electron chi connectivity index (χ1n) is 10.5. The lowest BCUT2D eigenvalue weighted by molar-refractivity contribution is -0.156. The van der Waals surface area contributed by atoms with Crippen LogP contribution in [0.25, 0.3) is 16.8 Å². The Balaban J connectivity index is 1.89. The molecule has 0 bridgehead atoms. The van der Waals surface area contributed by atoms with Crippen molar-refractivity contribution in [3.63, 3.8) is 0 Å². The zero-order chi connectivity index (χ0) is 25.9. The highest BCUT2D eigenvalue weighted by Crippen LogP contribution is 2.42. The van der Waals surface area contributed by atoms with Crippen LogP contribution in [0.4, 0.5) is 22.0 Å². The average molecular weight is 497 g/mol. The lowest BCUT2D eigenvalue weighted by Crippen LogP contribution is -2.37. The van der Waals surface area contributed by atoms with Crippen LogP contribution in [-0.4, -0.2) is 39.4 Å². The van der Waals surface area contributed by atoms with Crippen LogP contribution >= 0.6 is 0 Å². The number of benzene rings is 1. The van der Waals surface area contributed by atoms with Crippen LogP contribution in [0.3, 0.4) is 0 Å². The lowest BCUT2D eigenvalue weighted by Gasteiger charge is -2.29. The van der Waals surface area contributed by atoms with Gasteiger partial charge < -0.3 is 19.0 Å². The summed E-state index contributed by atoms with van der Waals surface area (Å²) in [5.41, 5.74) is -1.59. The van der Waals surface area contributed by atoms with Gasteiger partial charge in [0.1, 0.15) is 5.52 Å². The molecule has 0 atom stereocenters. The fourth-order valence-corrected chi connectivity index (χ4v) is 3.98. The molecule has 1 aromatic carbocycles. The number of nitrogens with zero attached hydrogens (tertiary/aromatic N) is 2. The fraction of sp³-hybridized carbons (Fsp3) is 0.348. The molecule has 0 fully saturated rings. The summed E-state index contributed by atoms with van der Waals surface area (Å²) in [7, 11) is 0. The van der Waals surface area contributed by atoms with Gasteiger partial charge in [-0.2, -0.15) is 13.2 Å². The van der Waals surface area contributed by atoms with Crippen LogP contribution in [0.5, 0.6) is 0 Å². The molecule has 1 aliphatic heterocycles. The van der Waals surface area contributed by atoms with Crippen molar-refractivity contribution in [1.29, 1.82) is 0 Å². The number of nitrogens with one attached hydrogen (secondary N) is 1. The molecule has 7 nitrogen and oxygen atoms in total. The van der Waals surface area contributed by atoms with E-state index in [0.717, 1.165) is 23.1 Å². The first-order chi connectivity index (χ1) is 16.2. The number of H-pyrrole nitrogens is 1. The molecule has 0 saturated heterocycles. The van der Waals surface area contributed by atoms with Crippen LogP contribution in [0, 0.1) is 11.6 Å². The van der Waals surface area contributed by atoms with Gasteiger partial charge in [-0.25, -0.2) is 18.6 Å². The molecule has 3 aromatic rings. The van der Waals surface area contributed by atoms with Crippen LogP contribution in [0.1, 0.15) is 55.2 Å². The first-order valence-corrected chi connectivity index (χ1v) is 10.5. The predicted molar refractivity (Wildman–Crippen MR) is 113 cm³/mol. The summed E-state index contributed by atoms with van der Waals surface area (Å²) >= 11 is 0. The number of aromatic amines is 1. The van der Waals surface area contributed by atoms with Crippen LogP contribution in [0.2, 0.25) is 0 Å². The molecule has 3 heterocycles. The van der Waals surface area contributed by atoms with Gasteiger partial charge in [0.05, 0.1) is 17.4 Å². The minimum Gasteiger partial charge on any atom is -0.459 e. The Labute approximate surface area is 195 Å². The Morgan fingerprint density at radius 2 is 1.89 bits per heavy atom. The zero-order valence-electron chi connectivity index (χ0n) is 19.0. The van der Waals surface area contributed by atoms with E-state index >= 15 is 0 Å². The second-order valence-electron chi connectivity index (χ2n) is 9.01. The van der Waals surface area contributed by atoms with Crippen molar-refractivity contribution < 1.29 is 40.7 Å². The number of fused-ring (bicyclic) bond motifs is 3. The third-order valence-corrected chi connectivity index (χ3v) is 5.38. The lowest BCUT2D eigenvalue weighted by atomic mass is 9.83. The van der Waals surface area contributed by atoms with Crippen molar-refractivity contribution in [2.45, 2.75) is 45.4 Å². The molecule has 1 aliphatic rings. The molecule has 0 radical (unpaired) electrons. The molecule has 12 heteroatoms. The highest BCUT2D eigenvalue weighted by molar-refractivity contribution is 6.18. The predicted octanol–water partition coefficient (Wildman–Crippen LogP) is 5.18. The molecule has 0 spiro atoms. The molecule has 35 heavy (non-hydrogen) atoms. The van der Waals surface area contributed by atoms with E-state index < -0.39 is 47.1 Å². The van der Waals surface area contributed by atoms with Crippen LogP contribution < -0.4 is 0 Å². The number of carbonyl (C=O) groups excluding carboxylic acids is 2. The molecule has 186 valence electrons. The van der Waals surface area contributed by atoms with Crippen LogP contribution in [-0.2, 0) is 21.1 Å². The van der Waals surface area contributed by atoms with Crippen LogP contribution in [0.15, 0.2) is 28.8 Å². The summed E-state index contributed by atoms with van der Waals surface area (Å²) in [4.78, 5) is 33.6. The van der Waals surface area contributed by atoms with Gasteiger partial charge in [0.15, 0.2) is 11.6 Å². The summed E-state index contributed by atoms with van der Waals surface area (Å²) in [5.74, 6) is -5.46. The number of amides is 1. The van der Waals surface area contributed by atoms with Gasteiger partial charge in [0.2, 0.25) is 5.71 Å². The number of rotatable bonds is 3. The number of carbonyl (C=O) groups is 2. The van der Waals surface area contributed by atoms with E-state index in [1.807, 2.05) is 0 Å². The molecule has 1 N–H and O–H groups in total. The Morgan fingerprint density at radius 1 is 1.20 bits per heavy atom. The van der Waals surface area contributed by atoms with Crippen molar-refractivity contribution >= 4 is 28.7 Å². The van der Waals surface area contributed by atoms with Gasteiger partial charge in [-0.1, -0.05) is 13.8 Å². The average Bonchev–Trinajstić information content (AvgIpc) is 3.26. The minimum absolute atomic E-state index is 0.0798. The number of hydrogen-bond acceptors (Lipinski definition) is 5. The Bertz CT molecular complexity index is 1370. The molecular formula is C23H20F5N3O4. The van der Waals surface area contributed by atoms with Crippen molar-refractivity contribution in [2.24, 2.45) is 0 Å². The van der Waals surface area contributed by atoms with E-state index in [1.165, 1.54) is 6.20 Å². The maximum Gasteiger partial charge on any atom is 0.469 e. The summed E-state index contributed by atoms with van der Waals surface area (Å²) < 4.78 is 76.9. The topological polar surface area (TPSA) is 88.4 Å². The molecule has 2 aromatic heterocycles. The Morgan fingerprint density at radius 3 is 2.49 bits per heavy atom. The summed E-state index contributed by atoms with van der Waals surface area (Å²) in [6.45, 7) is 6.33. The monoisotopic (exact) mass is 497 g/mol. The van der Waals surface area contributed by atoms with Crippen molar-refractivity contribution in [3.8, 4) is 0 Å². The van der Waals surface area contributed by atoms with Gasteiger partial charge in [-0.3, -0.25) is 4.79 Å². The quantitative estimate of drug-likeness (QED) is 0.398. The third-order valence-electron chi connectivity index (χ3n) is 5.38. The zero-order valence-corrected chi connectivity index (χ0v) is 19.0.